The normalized spacial score (nSPS) is 37.0. The van der Waals surface area contributed by atoms with E-state index >= 15 is 0 Å². The summed E-state index contributed by atoms with van der Waals surface area (Å²) in [4.78, 5) is 2.86. The molecule has 0 radical (unpaired) electrons. The van der Waals surface area contributed by atoms with Crippen LogP contribution in [0.3, 0.4) is 0 Å². The summed E-state index contributed by atoms with van der Waals surface area (Å²) in [6, 6.07) is 1.49. The number of rotatable bonds is 6. The van der Waals surface area contributed by atoms with Gasteiger partial charge in [0, 0.05) is 18.6 Å². The van der Waals surface area contributed by atoms with Crippen LogP contribution in [0.5, 0.6) is 0 Å². The predicted molar refractivity (Wildman–Crippen MR) is 92.6 cm³/mol. The molecule has 1 saturated carbocycles. The van der Waals surface area contributed by atoms with Crippen LogP contribution in [0.15, 0.2) is 0 Å². The lowest BCUT2D eigenvalue weighted by atomic mass is 9.75. The quantitative estimate of drug-likeness (QED) is 0.785. The van der Waals surface area contributed by atoms with Gasteiger partial charge in [-0.1, -0.05) is 34.6 Å². The second-order valence-corrected chi connectivity index (χ2v) is 8.03. The molecule has 21 heavy (non-hydrogen) atoms. The van der Waals surface area contributed by atoms with Crippen LogP contribution in [0.25, 0.3) is 0 Å². The fraction of sp³-hybridized carbons (Fsp3) is 1.00. The van der Waals surface area contributed by atoms with E-state index in [2.05, 4.69) is 44.8 Å². The lowest BCUT2D eigenvalue weighted by Gasteiger charge is -2.45. The van der Waals surface area contributed by atoms with E-state index in [4.69, 9.17) is 0 Å². The minimum Gasteiger partial charge on any atom is -0.312 e. The highest BCUT2D eigenvalue weighted by Crippen LogP contribution is 2.41. The van der Waals surface area contributed by atoms with Crippen LogP contribution in [0.1, 0.15) is 73.1 Å². The van der Waals surface area contributed by atoms with Gasteiger partial charge in [0.05, 0.1) is 0 Å². The Morgan fingerprint density at radius 2 is 1.81 bits per heavy atom. The average molecular weight is 295 g/mol. The van der Waals surface area contributed by atoms with E-state index in [-0.39, 0.29) is 0 Å². The summed E-state index contributed by atoms with van der Waals surface area (Å²) in [5.41, 5.74) is 0.609. The monoisotopic (exact) mass is 294 g/mol. The molecule has 0 aromatic rings. The van der Waals surface area contributed by atoms with Crippen LogP contribution in [0.4, 0.5) is 0 Å². The summed E-state index contributed by atoms with van der Waals surface area (Å²) in [5.74, 6) is 1.72. The van der Waals surface area contributed by atoms with Gasteiger partial charge in [-0.15, -0.1) is 0 Å². The first-order chi connectivity index (χ1) is 10.0. The molecule has 0 aromatic heterocycles. The highest BCUT2D eigenvalue weighted by Gasteiger charge is 2.43. The van der Waals surface area contributed by atoms with Gasteiger partial charge in [0.1, 0.15) is 0 Å². The SMILES string of the molecule is CCCNC1CC(C)CC(C)C1N1CCC(CC)(CC)C1. The van der Waals surface area contributed by atoms with Crippen LogP contribution in [0.2, 0.25) is 0 Å². The van der Waals surface area contributed by atoms with Crippen LogP contribution in [-0.4, -0.2) is 36.6 Å². The van der Waals surface area contributed by atoms with Crippen molar-refractivity contribution in [2.24, 2.45) is 17.3 Å². The maximum absolute atomic E-state index is 3.88. The van der Waals surface area contributed by atoms with Gasteiger partial charge < -0.3 is 5.32 Å². The number of hydrogen-bond donors (Lipinski definition) is 1. The summed E-state index contributed by atoms with van der Waals surface area (Å²) in [7, 11) is 0. The fourth-order valence-electron chi connectivity index (χ4n) is 5.04. The standard InChI is InChI=1S/C19H38N2/c1-6-10-20-17-13-15(4)12-16(5)18(17)21-11-9-19(7-2,8-3)14-21/h15-18,20H,6-14H2,1-5H3. The first-order valence-corrected chi connectivity index (χ1v) is 9.52. The molecule has 2 fully saturated rings. The van der Waals surface area contributed by atoms with E-state index in [1.54, 1.807) is 0 Å². The molecule has 4 atom stereocenters. The van der Waals surface area contributed by atoms with Crippen molar-refractivity contribution in [3.63, 3.8) is 0 Å². The molecular weight excluding hydrogens is 256 g/mol. The number of nitrogens with zero attached hydrogens (tertiary/aromatic N) is 1. The van der Waals surface area contributed by atoms with Gasteiger partial charge in [0.2, 0.25) is 0 Å². The predicted octanol–water partition coefficient (Wildman–Crippen LogP) is 4.30. The largest absolute Gasteiger partial charge is 0.312 e. The average Bonchev–Trinajstić information content (AvgIpc) is 2.89. The Labute approximate surface area is 133 Å². The Balaban J connectivity index is 2.07. The molecule has 1 aliphatic heterocycles. The molecule has 0 aromatic carbocycles. The van der Waals surface area contributed by atoms with Crippen molar-refractivity contribution < 1.29 is 0 Å². The molecule has 124 valence electrons. The highest BCUT2D eigenvalue weighted by molar-refractivity contribution is 4.99. The van der Waals surface area contributed by atoms with Gasteiger partial charge in [-0.2, -0.15) is 0 Å². The van der Waals surface area contributed by atoms with Gasteiger partial charge in [0.25, 0.3) is 0 Å². The second-order valence-electron chi connectivity index (χ2n) is 8.03. The van der Waals surface area contributed by atoms with Gasteiger partial charge in [-0.3, -0.25) is 4.90 Å². The van der Waals surface area contributed by atoms with E-state index < -0.39 is 0 Å². The molecule has 1 aliphatic carbocycles. The molecule has 0 spiro atoms. The summed E-state index contributed by atoms with van der Waals surface area (Å²) >= 11 is 0. The Bertz CT molecular complexity index is 311. The molecule has 0 bridgehead atoms. The van der Waals surface area contributed by atoms with Gasteiger partial charge in [-0.25, -0.2) is 0 Å². The number of hydrogen-bond acceptors (Lipinski definition) is 2. The maximum atomic E-state index is 3.88. The van der Waals surface area contributed by atoms with Crippen molar-refractivity contribution in [3.8, 4) is 0 Å². The van der Waals surface area contributed by atoms with E-state index in [0.717, 1.165) is 17.9 Å². The molecule has 4 unspecified atom stereocenters. The van der Waals surface area contributed by atoms with E-state index in [0.29, 0.717) is 11.5 Å². The van der Waals surface area contributed by atoms with Crippen LogP contribution in [0, 0.1) is 17.3 Å². The number of nitrogens with one attached hydrogen (secondary N) is 1. The third kappa shape index (κ3) is 3.82. The molecular formula is C19H38N2. The summed E-state index contributed by atoms with van der Waals surface area (Å²) in [5, 5.41) is 3.88. The van der Waals surface area contributed by atoms with Crippen molar-refractivity contribution in [2.75, 3.05) is 19.6 Å². The van der Waals surface area contributed by atoms with E-state index in [1.807, 2.05) is 0 Å². The minimum atomic E-state index is 0.609. The third-order valence-electron chi connectivity index (χ3n) is 6.47. The van der Waals surface area contributed by atoms with Gasteiger partial charge in [0.15, 0.2) is 0 Å². The van der Waals surface area contributed by atoms with Crippen molar-refractivity contribution >= 4 is 0 Å². The molecule has 1 heterocycles. The van der Waals surface area contributed by atoms with Crippen molar-refractivity contribution in [3.05, 3.63) is 0 Å². The zero-order valence-corrected chi connectivity index (χ0v) is 15.1. The van der Waals surface area contributed by atoms with Crippen LogP contribution in [-0.2, 0) is 0 Å². The fourth-order valence-corrected chi connectivity index (χ4v) is 5.04. The highest BCUT2D eigenvalue weighted by atomic mass is 15.2. The number of likely N-dealkylation sites (tertiary alicyclic amines) is 1. The Morgan fingerprint density at radius 1 is 1.10 bits per heavy atom. The van der Waals surface area contributed by atoms with E-state index in [9.17, 15) is 0 Å². The second kappa shape index (κ2) is 7.46. The van der Waals surface area contributed by atoms with E-state index in [1.165, 1.54) is 58.2 Å². The summed E-state index contributed by atoms with van der Waals surface area (Å²) in [6.07, 6.45) is 8.15. The molecule has 1 N–H and O–H groups in total. The Morgan fingerprint density at radius 3 is 2.38 bits per heavy atom. The van der Waals surface area contributed by atoms with Crippen LogP contribution >= 0.6 is 0 Å². The zero-order chi connectivity index (χ0) is 15.5. The lowest BCUT2D eigenvalue weighted by molar-refractivity contribution is 0.0681. The first kappa shape index (κ1) is 17.3. The molecule has 1 saturated heterocycles. The zero-order valence-electron chi connectivity index (χ0n) is 15.1. The van der Waals surface area contributed by atoms with Crippen molar-refractivity contribution in [2.45, 2.75) is 85.2 Å². The van der Waals surface area contributed by atoms with Crippen molar-refractivity contribution in [1.82, 2.24) is 10.2 Å². The topological polar surface area (TPSA) is 15.3 Å². The molecule has 2 rings (SSSR count). The molecule has 2 aliphatic rings. The third-order valence-corrected chi connectivity index (χ3v) is 6.47. The molecule has 2 nitrogen and oxygen atoms in total. The maximum Gasteiger partial charge on any atom is 0.0275 e. The Hall–Kier alpha value is -0.0800. The Kier molecular flexibility index (Phi) is 6.14. The molecule has 2 heteroatoms. The lowest BCUT2D eigenvalue weighted by Crippen LogP contribution is -2.56. The molecule has 0 amide bonds. The van der Waals surface area contributed by atoms with Crippen molar-refractivity contribution in [1.29, 1.82) is 0 Å². The first-order valence-electron chi connectivity index (χ1n) is 9.52. The van der Waals surface area contributed by atoms with Gasteiger partial charge >= 0.3 is 0 Å². The summed E-state index contributed by atoms with van der Waals surface area (Å²) in [6.45, 7) is 15.9. The smallest absolute Gasteiger partial charge is 0.0275 e. The van der Waals surface area contributed by atoms with Crippen LogP contribution < -0.4 is 5.32 Å². The summed E-state index contributed by atoms with van der Waals surface area (Å²) < 4.78 is 0. The minimum absolute atomic E-state index is 0.609. The van der Waals surface area contributed by atoms with Gasteiger partial charge in [-0.05, 0) is 68.9 Å².